The standard InChI is InChI=1S/C13H13N3O/c1-7-8(2)17-12-4-3-9(5-10(7)12)11-6-15-16-13(11)14/h3-6H,1-2H3,(H3,14,15,16). The first-order valence-corrected chi connectivity index (χ1v) is 5.46. The van der Waals surface area contributed by atoms with Crippen LogP contribution < -0.4 is 5.73 Å². The minimum atomic E-state index is 0.585. The molecule has 3 aromatic rings. The third-order valence-electron chi connectivity index (χ3n) is 3.15. The van der Waals surface area contributed by atoms with Crippen molar-refractivity contribution in [1.29, 1.82) is 0 Å². The van der Waals surface area contributed by atoms with E-state index < -0.39 is 0 Å². The maximum absolute atomic E-state index is 5.82. The van der Waals surface area contributed by atoms with E-state index in [-0.39, 0.29) is 0 Å². The first-order chi connectivity index (χ1) is 8.16. The molecule has 0 bridgehead atoms. The van der Waals surface area contributed by atoms with Gasteiger partial charge in [-0.1, -0.05) is 6.07 Å². The molecule has 0 atom stereocenters. The van der Waals surface area contributed by atoms with E-state index >= 15 is 0 Å². The van der Waals surface area contributed by atoms with Crippen LogP contribution in [0.3, 0.4) is 0 Å². The van der Waals surface area contributed by atoms with Gasteiger partial charge in [-0.15, -0.1) is 0 Å². The molecule has 0 spiro atoms. The van der Waals surface area contributed by atoms with Gasteiger partial charge in [0.1, 0.15) is 17.2 Å². The van der Waals surface area contributed by atoms with Gasteiger partial charge < -0.3 is 10.2 Å². The summed E-state index contributed by atoms with van der Waals surface area (Å²) in [6.07, 6.45) is 1.73. The molecule has 0 saturated heterocycles. The Morgan fingerprint density at radius 2 is 2.12 bits per heavy atom. The molecule has 3 N–H and O–H groups in total. The topological polar surface area (TPSA) is 67.8 Å². The van der Waals surface area contributed by atoms with Gasteiger partial charge in [-0.25, -0.2) is 0 Å². The highest BCUT2D eigenvalue weighted by molar-refractivity contribution is 5.88. The zero-order valence-corrected chi connectivity index (χ0v) is 9.74. The van der Waals surface area contributed by atoms with Gasteiger partial charge in [0.15, 0.2) is 0 Å². The fraction of sp³-hybridized carbons (Fsp3) is 0.154. The summed E-state index contributed by atoms with van der Waals surface area (Å²) in [6.45, 7) is 4.03. The van der Waals surface area contributed by atoms with Crippen LogP contribution in [0.25, 0.3) is 22.1 Å². The van der Waals surface area contributed by atoms with E-state index in [4.69, 9.17) is 10.2 Å². The highest BCUT2D eigenvalue weighted by Crippen LogP contribution is 2.31. The third-order valence-corrected chi connectivity index (χ3v) is 3.15. The van der Waals surface area contributed by atoms with Crippen LogP contribution in [0.5, 0.6) is 0 Å². The average Bonchev–Trinajstić information content (AvgIpc) is 2.85. The number of nitrogens with zero attached hydrogens (tertiary/aromatic N) is 1. The van der Waals surface area contributed by atoms with E-state index in [0.29, 0.717) is 5.82 Å². The number of rotatable bonds is 1. The van der Waals surface area contributed by atoms with Crippen molar-refractivity contribution in [2.75, 3.05) is 5.73 Å². The molecule has 0 aliphatic heterocycles. The van der Waals surface area contributed by atoms with Crippen molar-refractivity contribution in [2.24, 2.45) is 0 Å². The Hall–Kier alpha value is -2.23. The van der Waals surface area contributed by atoms with E-state index in [0.717, 1.165) is 27.9 Å². The molecule has 0 fully saturated rings. The Morgan fingerprint density at radius 1 is 1.29 bits per heavy atom. The number of aromatic amines is 1. The number of nitrogens with two attached hydrogens (primary N) is 1. The summed E-state index contributed by atoms with van der Waals surface area (Å²) in [5.41, 5.74) is 9.87. The Morgan fingerprint density at radius 3 is 2.82 bits per heavy atom. The van der Waals surface area contributed by atoms with Crippen molar-refractivity contribution in [2.45, 2.75) is 13.8 Å². The summed E-state index contributed by atoms with van der Waals surface area (Å²) < 4.78 is 5.65. The summed E-state index contributed by atoms with van der Waals surface area (Å²) in [5.74, 6) is 1.54. The number of benzene rings is 1. The second-order valence-corrected chi connectivity index (χ2v) is 4.19. The zero-order valence-electron chi connectivity index (χ0n) is 9.74. The van der Waals surface area contributed by atoms with E-state index in [1.54, 1.807) is 6.20 Å². The molecule has 0 amide bonds. The van der Waals surface area contributed by atoms with Gasteiger partial charge in [-0.05, 0) is 37.1 Å². The molecular weight excluding hydrogens is 214 g/mol. The molecule has 2 aromatic heterocycles. The Bertz CT molecular complexity index is 694. The number of hydrogen-bond donors (Lipinski definition) is 2. The molecular formula is C13H13N3O. The maximum Gasteiger partial charge on any atom is 0.134 e. The smallest absolute Gasteiger partial charge is 0.134 e. The molecule has 0 unspecified atom stereocenters. The number of furan rings is 1. The van der Waals surface area contributed by atoms with Crippen molar-refractivity contribution >= 4 is 16.8 Å². The SMILES string of the molecule is Cc1oc2ccc(-c3cn[nH]c3N)cc2c1C. The molecule has 17 heavy (non-hydrogen) atoms. The van der Waals surface area contributed by atoms with Crippen LogP contribution in [0.2, 0.25) is 0 Å². The summed E-state index contributed by atoms with van der Waals surface area (Å²) in [4.78, 5) is 0. The Labute approximate surface area is 98.4 Å². The minimum Gasteiger partial charge on any atom is -0.461 e. The molecule has 0 aliphatic rings. The summed E-state index contributed by atoms with van der Waals surface area (Å²) in [6, 6.07) is 6.05. The van der Waals surface area contributed by atoms with Crippen molar-refractivity contribution in [3.8, 4) is 11.1 Å². The fourth-order valence-electron chi connectivity index (χ4n) is 2.04. The molecule has 0 radical (unpaired) electrons. The summed E-state index contributed by atoms with van der Waals surface area (Å²) in [5, 5.41) is 7.80. The lowest BCUT2D eigenvalue weighted by Gasteiger charge is -1.99. The molecule has 1 aromatic carbocycles. The largest absolute Gasteiger partial charge is 0.461 e. The number of fused-ring (bicyclic) bond motifs is 1. The van der Waals surface area contributed by atoms with Crippen LogP contribution in [-0.2, 0) is 0 Å². The lowest BCUT2D eigenvalue weighted by Crippen LogP contribution is -1.87. The number of aryl methyl sites for hydroxylation is 2. The predicted molar refractivity (Wildman–Crippen MR) is 67.7 cm³/mol. The quantitative estimate of drug-likeness (QED) is 0.671. The van der Waals surface area contributed by atoms with E-state index in [2.05, 4.69) is 23.2 Å². The van der Waals surface area contributed by atoms with Crippen molar-refractivity contribution < 1.29 is 4.42 Å². The number of H-pyrrole nitrogens is 1. The number of nitrogen functional groups attached to an aromatic ring is 1. The molecule has 0 saturated carbocycles. The zero-order chi connectivity index (χ0) is 12.0. The van der Waals surface area contributed by atoms with Crippen molar-refractivity contribution in [3.63, 3.8) is 0 Å². The molecule has 4 heteroatoms. The molecule has 2 heterocycles. The van der Waals surface area contributed by atoms with E-state index in [1.165, 1.54) is 5.56 Å². The van der Waals surface area contributed by atoms with Gasteiger partial charge in [-0.3, -0.25) is 5.10 Å². The fourth-order valence-corrected chi connectivity index (χ4v) is 2.04. The van der Waals surface area contributed by atoms with Gasteiger partial charge in [0, 0.05) is 10.9 Å². The first kappa shape index (κ1) is 9.96. The first-order valence-electron chi connectivity index (χ1n) is 5.46. The molecule has 3 rings (SSSR count). The number of aromatic nitrogens is 2. The summed E-state index contributed by atoms with van der Waals surface area (Å²) in [7, 11) is 0. The summed E-state index contributed by atoms with van der Waals surface area (Å²) >= 11 is 0. The number of nitrogens with one attached hydrogen (secondary N) is 1. The lowest BCUT2D eigenvalue weighted by molar-refractivity contribution is 0.575. The second-order valence-electron chi connectivity index (χ2n) is 4.19. The Balaban J connectivity index is 2.26. The predicted octanol–water partition coefficient (Wildman–Crippen LogP) is 3.02. The third kappa shape index (κ3) is 1.41. The van der Waals surface area contributed by atoms with E-state index in [1.807, 2.05) is 19.1 Å². The van der Waals surface area contributed by atoms with Crippen molar-refractivity contribution in [3.05, 3.63) is 35.7 Å². The molecule has 4 nitrogen and oxygen atoms in total. The maximum atomic E-state index is 5.82. The van der Waals surface area contributed by atoms with Gasteiger partial charge >= 0.3 is 0 Å². The van der Waals surface area contributed by atoms with Gasteiger partial charge in [0.05, 0.1) is 6.20 Å². The van der Waals surface area contributed by atoms with Crippen LogP contribution in [-0.4, -0.2) is 10.2 Å². The van der Waals surface area contributed by atoms with Crippen LogP contribution in [0.1, 0.15) is 11.3 Å². The minimum absolute atomic E-state index is 0.585. The molecule has 0 aliphatic carbocycles. The molecule has 86 valence electrons. The van der Waals surface area contributed by atoms with Gasteiger partial charge in [0.2, 0.25) is 0 Å². The Kier molecular flexibility index (Phi) is 1.98. The van der Waals surface area contributed by atoms with Crippen LogP contribution in [0, 0.1) is 13.8 Å². The lowest BCUT2D eigenvalue weighted by atomic mass is 10.0. The van der Waals surface area contributed by atoms with E-state index in [9.17, 15) is 0 Å². The van der Waals surface area contributed by atoms with Gasteiger partial charge in [0.25, 0.3) is 0 Å². The average molecular weight is 227 g/mol. The van der Waals surface area contributed by atoms with Crippen LogP contribution >= 0.6 is 0 Å². The van der Waals surface area contributed by atoms with Gasteiger partial charge in [-0.2, -0.15) is 5.10 Å². The number of hydrogen-bond acceptors (Lipinski definition) is 3. The highest BCUT2D eigenvalue weighted by Gasteiger charge is 2.10. The second kappa shape index (κ2) is 3.38. The van der Waals surface area contributed by atoms with Crippen molar-refractivity contribution in [1.82, 2.24) is 10.2 Å². The monoisotopic (exact) mass is 227 g/mol. The highest BCUT2D eigenvalue weighted by atomic mass is 16.3. The van der Waals surface area contributed by atoms with Crippen LogP contribution in [0.4, 0.5) is 5.82 Å². The normalized spacial score (nSPS) is 11.2. The number of anilines is 1. The van der Waals surface area contributed by atoms with Crippen LogP contribution in [0.15, 0.2) is 28.8 Å².